The summed E-state index contributed by atoms with van der Waals surface area (Å²) in [7, 11) is 0. The highest BCUT2D eigenvalue weighted by Gasteiger charge is 2.50. The van der Waals surface area contributed by atoms with Crippen LogP contribution in [0.3, 0.4) is 0 Å². The summed E-state index contributed by atoms with van der Waals surface area (Å²) in [4.78, 5) is 11.5. The number of amides is 1. The quantitative estimate of drug-likeness (QED) is 0.452. The zero-order valence-corrected chi connectivity index (χ0v) is 21.3. The van der Waals surface area contributed by atoms with Gasteiger partial charge in [-0.3, -0.25) is 4.79 Å². The van der Waals surface area contributed by atoms with Crippen molar-refractivity contribution in [2.24, 2.45) is 23.2 Å². The number of carbonyl (C=O) groups is 1. The van der Waals surface area contributed by atoms with Crippen molar-refractivity contribution >= 4 is 5.91 Å². The van der Waals surface area contributed by atoms with Gasteiger partial charge in [0, 0.05) is 13.0 Å². The predicted molar refractivity (Wildman–Crippen MR) is 134 cm³/mol. The first-order valence-electron chi connectivity index (χ1n) is 13.1. The molecule has 2 N–H and O–H groups in total. The van der Waals surface area contributed by atoms with Crippen molar-refractivity contribution in [1.29, 1.82) is 0 Å². The lowest BCUT2D eigenvalue weighted by atomic mass is 9.60. The lowest BCUT2D eigenvalue weighted by molar-refractivity contribution is -0.119. The average Bonchev–Trinajstić information content (AvgIpc) is 3.04. The zero-order valence-electron chi connectivity index (χ0n) is 21.3. The third-order valence-corrected chi connectivity index (χ3v) is 8.79. The summed E-state index contributed by atoms with van der Waals surface area (Å²) < 4.78 is 0. The molecule has 0 aromatic rings. The second-order valence-electron chi connectivity index (χ2n) is 12.0. The molecule has 3 rings (SSSR count). The van der Waals surface area contributed by atoms with E-state index >= 15 is 0 Å². The summed E-state index contributed by atoms with van der Waals surface area (Å²) in [6.07, 6.45) is 17.4. The van der Waals surface area contributed by atoms with Crippen molar-refractivity contribution in [2.75, 3.05) is 0 Å². The van der Waals surface area contributed by atoms with E-state index in [9.17, 15) is 9.90 Å². The molecule has 0 bridgehead atoms. The number of nitrogens with one attached hydrogen (secondary N) is 1. The molecular weight excluding hydrogens is 394 g/mol. The molecule has 2 unspecified atom stereocenters. The number of fused-ring (bicyclic) bond motifs is 1. The Balaban J connectivity index is 1.68. The first kappa shape index (κ1) is 25.3. The minimum atomic E-state index is -0.544. The minimum absolute atomic E-state index is 0.0666. The fourth-order valence-electron chi connectivity index (χ4n) is 7.10. The Hall–Kier alpha value is -1.35. The van der Waals surface area contributed by atoms with Crippen LogP contribution < -0.4 is 5.32 Å². The van der Waals surface area contributed by atoms with E-state index < -0.39 is 5.60 Å². The zero-order chi connectivity index (χ0) is 23.5. The first-order valence-corrected chi connectivity index (χ1v) is 13.1. The van der Waals surface area contributed by atoms with E-state index in [4.69, 9.17) is 0 Å². The number of hydrogen-bond acceptors (Lipinski definition) is 2. The molecule has 3 aliphatic carbocycles. The first-order chi connectivity index (χ1) is 15.0. The van der Waals surface area contributed by atoms with Crippen LogP contribution in [0.5, 0.6) is 0 Å². The smallest absolute Gasteiger partial charge is 0.217 e. The van der Waals surface area contributed by atoms with Crippen molar-refractivity contribution in [3.8, 4) is 0 Å². The van der Waals surface area contributed by atoms with Gasteiger partial charge in [0.05, 0.1) is 5.60 Å². The molecule has 32 heavy (non-hydrogen) atoms. The van der Waals surface area contributed by atoms with Crippen molar-refractivity contribution in [2.45, 2.75) is 117 Å². The highest BCUT2D eigenvalue weighted by molar-refractivity contribution is 5.73. The van der Waals surface area contributed by atoms with Gasteiger partial charge in [0.15, 0.2) is 0 Å². The Kier molecular flexibility index (Phi) is 8.12. The van der Waals surface area contributed by atoms with E-state index in [1.54, 1.807) is 12.5 Å². The molecule has 0 spiro atoms. The Bertz CT molecular complexity index is 756. The van der Waals surface area contributed by atoms with Crippen LogP contribution in [-0.2, 0) is 4.79 Å². The molecule has 3 saturated carbocycles. The second kappa shape index (κ2) is 10.3. The lowest BCUT2D eigenvalue weighted by Crippen LogP contribution is -2.36. The van der Waals surface area contributed by atoms with E-state index in [1.807, 2.05) is 13.8 Å². The van der Waals surface area contributed by atoms with Gasteiger partial charge in [-0.2, -0.15) is 0 Å². The predicted octanol–water partition coefficient (Wildman–Crippen LogP) is 6.88. The Morgan fingerprint density at radius 3 is 2.72 bits per heavy atom. The normalized spacial score (nSPS) is 34.6. The monoisotopic (exact) mass is 441 g/mol. The molecule has 0 heterocycles. The molecule has 3 heteroatoms. The summed E-state index contributed by atoms with van der Waals surface area (Å²) in [5.74, 6) is 2.29. The lowest BCUT2D eigenvalue weighted by Gasteiger charge is -2.44. The summed E-state index contributed by atoms with van der Waals surface area (Å²) in [5, 5.41) is 13.2. The molecule has 0 saturated heterocycles. The molecular formula is C29H47NO2. The molecule has 3 fully saturated rings. The number of allylic oxidation sites excluding steroid dienone is 4. The van der Waals surface area contributed by atoms with Gasteiger partial charge in [-0.1, -0.05) is 56.6 Å². The number of hydrogen-bond donors (Lipinski definition) is 2. The SMILES string of the molecule is C=C1CC[C@@H](NC(C)=O)C/C1=C/C=C1\CCC[C@@]2(C)C1CC[C@@H]2C(C)CCCC(C)(C)O. The van der Waals surface area contributed by atoms with Gasteiger partial charge in [0.25, 0.3) is 0 Å². The molecule has 0 radical (unpaired) electrons. The highest BCUT2D eigenvalue weighted by Crippen LogP contribution is 2.60. The van der Waals surface area contributed by atoms with Crippen LogP contribution in [0.1, 0.15) is 105 Å². The van der Waals surface area contributed by atoms with Crippen molar-refractivity contribution in [1.82, 2.24) is 5.32 Å². The standard InChI is InChI=1S/C29H47NO2/c1-20-11-14-25(30-22(3)31)19-24(20)13-12-23-10-8-18-29(6)26(15-16-27(23)29)21(2)9-7-17-28(4,5)32/h12-13,21,25-27,32H,1,7-11,14-19H2,2-6H3,(H,30,31)/b23-12+,24-13-/t21?,25-,26-,27?,29-/m1/s1. The van der Waals surface area contributed by atoms with Gasteiger partial charge in [-0.15, -0.1) is 0 Å². The fourth-order valence-corrected chi connectivity index (χ4v) is 7.10. The minimum Gasteiger partial charge on any atom is -0.390 e. The Morgan fingerprint density at radius 1 is 1.28 bits per heavy atom. The van der Waals surface area contributed by atoms with Crippen LogP contribution in [0.4, 0.5) is 0 Å². The maximum atomic E-state index is 11.5. The third-order valence-electron chi connectivity index (χ3n) is 8.79. The summed E-state index contributed by atoms with van der Waals surface area (Å²) in [5.41, 5.74) is 4.08. The van der Waals surface area contributed by atoms with Crippen LogP contribution in [0.15, 0.2) is 35.5 Å². The molecule has 3 nitrogen and oxygen atoms in total. The Labute approximate surface area is 196 Å². The number of carbonyl (C=O) groups excluding carboxylic acids is 1. The van der Waals surface area contributed by atoms with Crippen LogP contribution >= 0.6 is 0 Å². The fraction of sp³-hybridized carbons (Fsp3) is 0.759. The summed E-state index contributed by atoms with van der Waals surface area (Å²) >= 11 is 0. The topological polar surface area (TPSA) is 49.3 Å². The van der Waals surface area contributed by atoms with E-state index in [2.05, 4.69) is 37.9 Å². The van der Waals surface area contributed by atoms with E-state index in [0.717, 1.165) is 43.9 Å². The maximum absolute atomic E-state index is 11.5. The number of aliphatic hydroxyl groups is 1. The van der Waals surface area contributed by atoms with E-state index in [1.165, 1.54) is 49.7 Å². The Morgan fingerprint density at radius 2 is 2.03 bits per heavy atom. The van der Waals surface area contributed by atoms with Crippen LogP contribution in [-0.4, -0.2) is 22.7 Å². The average molecular weight is 442 g/mol. The van der Waals surface area contributed by atoms with Gasteiger partial charge in [0.1, 0.15) is 0 Å². The maximum Gasteiger partial charge on any atom is 0.217 e. The molecule has 0 aliphatic heterocycles. The van der Waals surface area contributed by atoms with Crippen molar-refractivity contribution in [3.05, 3.63) is 35.5 Å². The second-order valence-corrected chi connectivity index (χ2v) is 12.0. The van der Waals surface area contributed by atoms with E-state index in [0.29, 0.717) is 11.3 Å². The summed E-state index contributed by atoms with van der Waals surface area (Å²) in [6, 6.07) is 0.250. The van der Waals surface area contributed by atoms with Gasteiger partial charge < -0.3 is 10.4 Å². The van der Waals surface area contributed by atoms with Crippen molar-refractivity contribution < 1.29 is 9.90 Å². The molecule has 3 aliphatic rings. The third kappa shape index (κ3) is 6.16. The molecule has 1 amide bonds. The molecule has 5 atom stereocenters. The van der Waals surface area contributed by atoms with Crippen LogP contribution in [0.25, 0.3) is 0 Å². The highest BCUT2D eigenvalue weighted by atomic mass is 16.3. The van der Waals surface area contributed by atoms with Crippen molar-refractivity contribution in [3.63, 3.8) is 0 Å². The number of rotatable bonds is 7. The molecule has 0 aromatic carbocycles. The molecule has 0 aromatic heterocycles. The van der Waals surface area contributed by atoms with Gasteiger partial charge in [-0.05, 0) is 100 Å². The van der Waals surface area contributed by atoms with Crippen LogP contribution in [0, 0.1) is 23.2 Å². The van der Waals surface area contributed by atoms with Crippen LogP contribution in [0.2, 0.25) is 0 Å². The summed E-state index contributed by atoms with van der Waals surface area (Å²) in [6.45, 7) is 14.8. The van der Waals surface area contributed by atoms with Gasteiger partial charge >= 0.3 is 0 Å². The van der Waals surface area contributed by atoms with Gasteiger partial charge in [0.2, 0.25) is 5.91 Å². The largest absolute Gasteiger partial charge is 0.390 e. The van der Waals surface area contributed by atoms with E-state index in [-0.39, 0.29) is 11.9 Å². The molecule has 180 valence electrons. The van der Waals surface area contributed by atoms with Gasteiger partial charge in [-0.25, -0.2) is 0 Å².